The van der Waals surface area contributed by atoms with Crippen LogP contribution in [0, 0.1) is 15.9 Å². The van der Waals surface area contributed by atoms with Crippen LogP contribution in [0.25, 0.3) is 0 Å². The Bertz CT molecular complexity index is 552. The van der Waals surface area contributed by atoms with E-state index >= 15 is 0 Å². The summed E-state index contributed by atoms with van der Waals surface area (Å²) in [7, 11) is 0. The van der Waals surface area contributed by atoms with Gasteiger partial charge in [0, 0.05) is 43.0 Å². The van der Waals surface area contributed by atoms with Gasteiger partial charge in [-0.1, -0.05) is 0 Å². The highest BCUT2D eigenvalue weighted by Crippen LogP contribution is 2.30. The Hall–Kier alpha value is -1.69. The highest BCUT2D eigenvalue weighted by Gasteiger charge is 2.33. The molecule has 6 heteroatoms. The standard InChI is InChI=1S/C15H20FN3O2/c1-11-3-2-7-18(11)13-6-8-17(10-13)12-4-5-15(19(20)21)14(16)9-12/h4-5,9,11,13H,2-3,6-8,10H2,1H3/t11-,13?/m0/s1. The third-order valence-corrected chi connectivity index (χ3v) is 4.73. The number of nitro benzene ring substituents is 1. The molecule has 2 aliphatic rings. The van der Waals surface area contributed by atoms with Crippen LogP contribution in [0.5, 0.6) is 0 Å². The lowest BCUT2D eigenvalue weighted by molar-refractivity contribution is -0.387. The first-order valence-corrected chi connectivity index (χ1v) is 7.51. The molecule has 0 aliphatic carbocycles. The molecule has 3 rings (SSSR count). The molecule has 21 heavy (non-hydrogen) atoms. The van der Waals surface area contributed by atoms with E-state index in [2.05, 4.69) is 16.7 Å². The topological polar surface area (TPSA) is 49.6 Å². The summed E-state index contributed by atoms with van der Waals surface area (Å²) in [6.07, 6.45) is 3.58. The Morgan fingerprint density at radius 1 is 1.33 bits per heavy atom. The molecule has 0 bridgehead atoms. The SMILES string of the molecule is C[C@H]1CCCN1C1CCN(c2ccc([N+](=O)[O-])c(F)c2)C1. The highest BCUT2D eigenvalue weighted by molar-refractivity contribution is 5.52. The number of halogens is 1. The van der Waals surface area contributed by atoms with E-state index in [9.17, 15) is 14.5 Å². The predicted molar refractivity (Wildman–Crippen MR) is 79.1 cm³/mol. The normalized spacial score (nSPS) is 26.5. The summed E-state index contributed by atoms with van der Waals surface area (Å²) in [5.41, 5.74) is 0.287. The fraction of sp³-hybridized carbons (Fsp3) is 0.600. The number of hydrogen-bond donors (Lipinski definition) is 0. The molecular weight excluding hydrogens is 273 g/mol. The Morgan fingerprint density at radius 2 is 2.14 bits per heavy atom. The van der Waals surface area contributed by atoms with Crippen LogP contribution in [-0.2, 0) is 0 Å². The Morgan fingerprint density at radius 3 is 2.76 bits per heavy atom. The van der Waals surface area contributed by atoms with Crippen molar-refractivity contribution in [2.45, 2.75) is 38.3 Å². The van der Waals surface area contributed by atoms with Gasteiger partial charge in [0.05, 0.1) is 4.92 Å². The zero-order valence-corrected chi connectivity index (χ0v) is 12.2. The van der Waals surface area contributed by atoms with Gasteiger partial charge in [0.15, 0.2) is 0 Å². The van der Waals surface area contributed by atoms with Gasteiger partial charge in [0.25, 0.3) is 0 Å². The van der Waals surface area contributed by atoms with E-state index in [4.69, 9.17) is 0 Å². The van der Waals surface area contributed by atoms with Crippen molar-refractivity contribution in [2.75, 3.05) is 24.5 Å². The Balaban J connectivity index is 1.71. The summed E-state index contributed by atoms with van der Waals surface area (Å²) in [6.45, 7) is 5.17. The third-order valence-electron chi connectivity index (χ3n) is 4.73. The summed E-state index contributed by atoms with van der Waals surface area (Å²) < 4.78 is 13.7. The molecule has 0 aromatic heterocycles. The molecule has 114 valence electrons. The van der Waals surface area contributed by atoms with E-state index in [1.165, 1.54) is 25.0 Å². The number of likely N-dealkylation sites (tertiary alicyclic amines) is 1. The van der Waals surface area contributed by atoms with Crippen LogP contribution < -0.4 is 4.90 Å². The second-order valence-corrected chi connectivity index (χ2v) is 6.01. The average molecular weight is 293 g/mol. The molecule has 0 amide bonds. The van der Waals surface area contributed by atoms with Crippen LogP contribution in [0.15, 0.2) is 18.2 Å². The number of hydrogen-bond acceptors (Lipinski definition) is 4. The second kappa shape index (κ2) is 5.60. The zero-order valence-electron chi connectivity index (χ0n) is 12.2. The molecule has 0 saturated carbocycles. The van der Waals surface area contributed by atoms with Gasteiger partial charge in [0.1, 0.15) is 0 Å². The zero-order chi connectivity index (χ0) is 15.0. The molecule has 0 N–H and O–H groups in total. The fourth-order valence-corrected chi connectivity index (χ4v) is 3.59. The maximum absolute atomic E-state index is 13.7. The minimum atomic E-state index is -0.754. The van der Waals surface area contributed by atoms with Crippen LogP contribution in [-0.4, -0.2) is 41.5 Å². The Kier molecular flexibility index (Phi) is 3.80. The van der Waals surface area contributed by atoms with Gasteiger partial charge in [-0.05, 0) is 38.8 Å². The molecule has 2 saturated heterocycles. The molecule has 0 spiro atoms. The van der Waals surface area contributed by atoms with Crippen molar-refractivity contribution < 1.29 is 9.31 Å². The number of benzene rings is 1. The lowest BCUT2D eigenvalue weighted by Crippen LogP contribution is -2.39. The van der Waals surface area contributed by atoms with Gasteiger partial charge < -0.3 is 4.90 Å². The second-order valence-electron chi connectivity index (χ2n) is 6.01. The van der Waals surface area contributed by atoms with Crippen molar-refractivity contribution >= 4 is 11.4 Å². The van der Waals surface area contributed by atoms with E-state index in [1.807, 2.05) is 0 Å². The lowest BCUT2D eigenvalue weighted by Gasteiger charge is -2.28. The van der Waals surface area contributed by atoms with Crippen molar-refractivity contribution in [1.82, 2.24) is 4.90 Å². The first-order valence-electron chi connectivity index (χ1n) is 7.51. The van der Waals surface area contributed by atoms with Crippen LogP contribution >= 0.6 is 0 Å². The van der Waals surface area contributed by atoms with Crippen molar-refractivity contribution in [1.29, 1.82) is 0 Å². The van der Waals surface area contributed by atoms with Crippen LogP contribution in [0.1, 0.15) is 26.2 Å². The first kappa shape index (κ1) is 14.3. The largest absolute Gasteiger partial charge is 0.370 e. The van der Waals surface area contributed by atoms with Crippen molar-refractivity contribution in [3.8, 4) is 0 Å². The van der Waals surface area contributed by atoms with Gasteiger partial charge in [-0.2, -0.15) is 4.39 Å². The molecule has 2 fully saturated rings. The van der Waals surface area contributed by atoms with E-state index < -0.39 is 16.4 Å². The number of rotatable bonds is 3. The molecular formula is C15H20FN3O2. The van der Waals surface area contributed by atoms with Crippen LogP contribution in [0.3, 0.4) is 0 Å². The minimum Gasteiger partial charge on any atom is -0.370 e. The lowest BCUT2D eigenvalue weighted by atomic mass is 10.2. The summed E-state index contributed by atoms with van der Waals surface area (Å²) >= 11 is 0. The number of nitro groups is 1. The highest BCUT2D eigenvalue weighted by atomic mass is 19.1. The summed E-state index contributed by atoms with van der Waals surface area (Å²) in [5, 5.41) is 10.7. The third kappa shape index (κ3) is 2.72. The van der Waals surface area contributed by atoms with Crippen molar-refractivity contribution in [2.24, 2.45) is 0 Å². The quantitative estimate of drug-likeness (QED) is 0.635. The molecule has 1 aromatic carbocycles. The monoisotopic (exact) mass is 293 g/mol. The fourth-order valence-electron chi connectivity index (χ4n) is 3.59. The average Bonchev–Trinajstić information content (AvgIpc) is 3.06. The smallest absolute Gasteiger partial charge is 0.304 e. The number of nitrogens with zero attached hydrogens (tertiary/aromatic N) is 3. The van der Waals surface area contributed by atoms with Gasteiger partial charge in [-0.25, -0.2) is 0 Å². The number of anilines is 1. The van der Waals surface area contributed by atoms with Gasteiger partial charge in [-0.3, -0.25) is 15.0 Å². The van der Waals surface area contributed by atoms with Crippen LogP contribution in [0.2, 0.25) is 0 Å². The minimum absolute atomic E-state index is 0.456. The van der Waals surface area contributed by atoms with Crippen molar-refractivity contribution in [3.63, 3.8) is 0 Å². The molecule has 2 heterocycles. The van der Waals surface area contributed by atoms with E-state index in [0.717, 1.165) is 31.7 Å². The summed E-state index contributed by atoms with van der Waals surface area (Å²) in [4.78, 5) is 14.6. The van der Waals surface area contributed by atoms with Crippen molar-refractivity contribution in [3.05, 3.63) is 34.1 Å². The maximum atomic E-state index is 13.7. The maximum Gasteiger partial charge on any atom is 0.304 e. The van der Waals surface area contributed by atoms with Gasteiger partial charge >= 0.3 is 5.69 Å². The van der Waals surface area contributed by atoms with E-state index in [1.54, 1.807) is 6.07 Å². The van der Waals surface area contributed by atoms with Gasteiger partial charge in [-0.15, -0.1) is 0 Å². The van der Waals surface area contributed by atoms with E-state index in [-0.39, 0.29) is 0 Å². The summed E-state index contributed by atoms with van der Waals surface area (Å²) in [6, 6.07) is 5.34. The molecule has 2 aliphatic heterocycles. The predicted octanol–water partition coefficient (Wildman–Crippen LogP) is 2.80. The Labute approximate surface area is 123 Å². The van der Waals surface area contributed by atoms with Crippen LogP contribution in [0.4, 0.5) is 15.8 Å². The molecule has 0 radical (unpaired) electrons. The molecule has 1 unspecified atom stereocenters. The molecule has 5 nitrogen and oxygen atoms in total. The summed E-state index contributed by atoms with van der Waals surface area (Å²) in [5.74, 6) is -0.754. The first-order chi connectivity index (χ1) is 10.1. The van der Waals surface area contributed by atoms with Gasteiger partial charge in [0.2, 0.25) is 5.82 Å². The molecule has 1 aromatic rings. The molecule has 2 atom stereocenters. The van der Waals surface area contributed by atoms with E-state index in [0.29, 0.717) is 12.1 Å².